The minimum atomic E-state index is 0.982. The molecule has 124 valence electrons. The minimum absolute atomic E-state index is 0.982. The van der Waals surface area contributed by atoms with Crippen molar-refractivity contribution in [2.24, 2.45) is 0 Å². The van der Waals surface area contributed by atoms with Crippen LogP contribution >= 0.6 is 0 Å². The molecule has 0 unspecified atom stereocenters. The Morgan fingerprint density at radius 1 is 0.609 bits per heavy atom. The van der Waals surface area contributed by atoms with E-state index < -0.39 is 0 Å². The molecule has 2 rings (SSSR count). The van der Waals surface area contributed by atoms with E-state index >= 15 is 0 Å². The summed E-state index contributed by atoms with van der Waals surface area (Å²) in [4.78, 5) is 0. The van der Waals surface area contributed by atoms with Crippen molar-refractivity contribution in [3.05, 3.63) is 71.3 Å². The zero-order valence-corrected chi connectivity index (χ0v) is 14.6. The van der Waals surface area contributed by atoms with Crippen molar-refractivity contribution in [2.75, 3.05) is 7.05 Å². The highest BCUT2D eigenvalue weighted by Gasteiger charge is 2.00. The summed E-state index contributed by atoms with van der Waals surface area (Å²) in [5.74, 6) is 0. The molecule has 1 N–H and O–H groups in total. The summed E-state index contributed by atoms with van der Waals surface area (Å²) in [7, 11) is 2.02. The lowest BCUT2D eigenvalue weighted by Crippen LogP contribution is -2.07. The normalized spacial score (nSPS) is 10.8. The number of hydrogen-bond donors (Lipinski definition) is 1. The smallest absolute Gasteiger partial charge is 0.0205 e. The van der Waals surface area contributed by atoms with Gasteiger partial charge in [-0.3, -0.25) is 0 Å². The molecule has 1 heteroatoms. The van der Waals surface area contributed by atoms with Crippen LogP contribution < -0.4 is 5.32 Å². The summed E-state index contributed by atoms with van der Waals surface area (Å²) in [6.07, 6.45) is 10.6. The maximum absolute atomic E-state index is 3.26. The lowest BCUT2D eigenvalue weighted by molar-refractivity contribution is 0.592. The molecule has 0 aliphatic carbocycles. The molecule has 1 nitrogen and oxygen atoms in total. The van der Waals surface area contributed by atoms with E-state index in [2.05, 4.69) is 59.9 Å². The van der Waals surface area contributed by atoms with Crippen LogP contribution in [0.5, 0.6) is 0 Å². The van der Waals surface area contributed by atoms with Crippen molar-refractivity contribution < 1.29 is 0 Å². The van der Waals surface area contributed by atoms with Crippen molar-refractivity contribution in [1.82, 2.24) is 5.32 Å². The Bertz CT molecular complexity index is 533. The molecular formula is C22H31N. The van der Waals surface area contributed by atoms with Crippen LogP contribution in [0.25, 0.3) is 0 Å². The van der Waals surface area contributed by atoms with Gasteiger partial charge in [-0.1, -0.05) is 80.3 Å². The monoisotopic (exact) mass is 309 g/mol. The maximum Gasteiger partial charge on any atom is 0.0205 e. The Labute approximate surface area is 142 Å². The molecule has 0 radical (unpaired) electrons. The van der Waals surface area contributed by atoms with Gasteiger partial charge in [-0.25, -0.2) is 0 Å². The number of rotatable bonds is 11. The van der Waals surface area contributed by atoms with Gasteiger partial charge in [0.2, 0.25) is 0 Å². The van der Waals surface area contributed by atoms with Crippen molar-refractivity contribution in [3.63, 3.8) is 0 Å². The van der Waals surface area contributed by atoms with Crippen LogP contribution in [0.3, 0.4) is 0 Å². The predicted octanol–water partition coefficient (Wildman–Crippen LogP) is 5.53. The van der Waals surface area contributed by atoms with E-state index in [1.807, 2.05) is 7.05 Å². The zero-order chi connectivity index (χ0) is 16.2. The highest BCUT2D eigenvalue weighted by molar-refractivity contribution is 5.27. The fourth-order valence-corrected chi connectivity index (χ4v) is 3.16. The summed E-state index contributed by atoms with van der Waals surface area (Å²) >= 11 is 0. The third-order valence-corrected chi connectivity index (χ3v) is 4.49. The van der Waals surface area contributed by atoms with Crippen molar-refractivity contribution in [1.29, 1.82) is 0 Å². The average molecular weight is 309 g/mol. The Hall–Kier alpha value is -1.60. The first kappa shape index (κ1) is 17.7. The Kier molecular flexibility index (Phi) is 8.50. The first-order valence-corrected chi connectivity index (χ1v) is 9.15. The summed E-state index contributed by atoms with van der Waals surface area (Å²) in [5, 5.41) is 3.26. The van der Waals surface area contributed by atoms with Crippen molar-refractivity contribution >= 4 is 0 Å². The van der Waals surface area contributed by atoms with Crippen LogP contribution in [-0.2, 0) is 19.4 Å². The topological polar surface area (TPSA) is 12.0 Å². The van der Waals surface area contributed by atoms with Crippen LogP contribution in [0.1, 0.15) is 55.2 Å². The second-order valence-electron chi connectivity index (χ2n) is 6.41. The fraction of sp³-hybridized carbons (Fsp3) is 0.455. The highest BCUT2D eigenvalue weighted by Crippen LogP contribution is 2.14. The molecule has 0 amide bonds. The van der Waals surface area contributed by atoms with Crippen LogP contribution in [0, 0.1) is 0 Å². The molecular weight excluding hydrogens is 278 g/mol. The first-order chi connectivity index (χ1) is 11.4. The van der Waals surface area contributed by atoms with Gasteiger partial charge in [-0.2, -0.15) is 0 Å². The molecule has 0 saturated carbocycles. The van der Waals surface area contributed by atoms with Gasteiger partial charge < -0.3 is 5.32 Å². The summed E-state index contributed by atoms with van der Waals surface area (Å²) < 4.78 is 0. The Morgan fingerprint density at radius 2 is 1.17 bits per heavy atom. The van der Waals surface area contributed by atoms with Crippen molar-refractivity contribution in [2.45, 2.75) is 57.9 Å². The highest BCUT2D eigenvalue weighted by atomic mass is 14.8. The predicted molar refractivity (Wildman–Crippen MR) is 101 cm³/mol. The van der Waals surface area contributed by atoms with E-state index in [-0.39, 0.29) is 0 Å². The fourth-order valence-electron chi connectivity index (χ4n) is 3.16. The Morgan fingerprint density at radius 3 is 1.87 bits per heavy atom. The second-order valence-corrected chi connectivity index (χ2v) is 6.41. The van der Waals surface area contributed by atoms with Gasteiger partial charge >= 0.3 is 0 Å². The molecule has 2 aromatic carbocycles. The van der Waals surface area contributed by atoms with Gasteiger partial charge in [0.1, 0.15) is 0 Å². The molecule has 0 atom stereocenters. The molecule has 0 fully saturated rings. The molecule has 0 spiro atoms. The molecule has 2 aromatic rings. The van der Waals surface area contributed by atoms with Crippen LogP contribution in [0.15, 0.2) is 54.6 Å². The van der Waals surface area contributed by atoms with Crippen LogP contribution in [0.2, 0.25) is 0 Å². The summed E-state index contributed by atoms with van der Waals surface area (Å²) in [6.45, 7) is 0.982. The molecule has 0 bridgehead atoms. The Balaban J connectivity index is 1.53. The number of hydrogen-bond acceptors (Lipinski definition) is 1. The summed E-state index contributed by atoms with van der Waals surface area (Å²) in [6, 6.07) is 19.7. The van der Waals surface area contributed by atoms with E-state index in [1.165, 1.54) is 68.1 Å². The van der Waals surface area contributed by atoms with E-state index in [4.69, 9.17) is 0 Å². The molecule has 0 aliphatic heterocycles. The van der Waals surface area contributed by atoms with Gasteiger partial charge in [0.25, 0.3) is 0 Å². The average Bonchev–Trinajstić information content (AvgIpc) is 2.60. The lowest BCUT2D eigenvalue weighted by Gasteiger charge is -2.09. The van der Waals surface area contributed by atoms with Gasteiger partial charge in [0.05, 0.1) is 0 Å². The standard InChI is InChI=1S/C22H31N/c1-23-19-22-18-12-11-17-21(22)16-10-5-3-2-4-7-13-20-14-8-6-9-15-20/h6,8-9,11-12,14-15,17-18,23H,2-5,7,10,13,16,19H2,1H3. The second kappa shape index (κ2) is 11.0. The minimum Gasteiger partial charge on any atom is -0.316 e. The van der Waals surface area contributed by atoms with E-state index in [0.717, 1.165) is 6.54 Å². The van der Waals surface area contributed by atoms with Crippen LogP contribution in [0.4, 0.5) is 0 Å². The van der Waals surface area contributed by atoms with Gasteiger partial charge in [-0.15, -0.1) is 0 Å². The van der Waals surface area contributed by atoms with Gasteiger partial charge in [0.15, 0.2) is 0 Å². The number of unbranched alkanes of at least 4 members (excludes halogenated alkanes) is 5. The first-order valence-electron chi connectivity index (χ1n) is 9.15. The van der Waals surface area contributed by atoms with E-state index in [0.29, 0.717) is 0 Å². The van der Waals surface area contributed by atoms with Gasteiger partial charge in [0, 0.05) is 6.54 Å². The van der Waals surface area contributed by atoms with Crippen molar-refractivity contribution in [3.8, 4) is 0 Å². The maximum atomic E-state index is 3.26. The zero-order valence-electron chi connectivity index (χ0n) is 14.6. The summed E-state index contributed by atoms with van der Waals surface area (Å²) in [5.41, 5.74) is 4.46. The molecule has 23 heavy (non-hydrogen) atoms. The molecule has 0 heterocycles. The molecule has 0 saturated heterocycles. The van der Waals surface area contributed by atoms with E-state index in [9.17, 15) is 0 Å². The number of aryl methyl sites for hydroxylation is 2. The molecule has 0 aromatic heterocycles. The third-order valence-electron chi connectivity index (χ3n) is 4.49. The SMILES string of the molecule is CNCc1ccccc1CCCCCCCCc1ccccc1. The van der Waals surface area contributed by atoms with E-state index in [1.54, 1.807) is 0 Å². The molecule has 0 aliphatic rings. The van der Waals surface area contributed by atoms with Crippen LogP contribution in [-0.4, -0.2) is 7.05 Å². The quantitative estimate of drug-likeness (QED) is 0.538. The number of benzene rings is 2. The lowest BCUT2D eigenvalue weighted by atomic mass is 10.00. The third kappa shape index (κ3) is 7.00. The number of nitrogens with one attached hydrogen (secondary N) is 1. The largest absolute Gasteiger partial charge is 0.316 e. The van der Waals surface area contributed by atoms with Gasteiger partial charge in [-0.05, 0) is 49.4 Å².